The van der Waals surface area contributed by atoms with Crippen LogP contribution in [0.1, 0.15) is 30.4 Å². The number of anilines is 1. The zero-order valence-electron chi connectivity index (χ0n) is 20.1. The van der Waals surface area contributed by atoms with Crippen molar-refractivity contribution >= 4 is 44.6 Å². The van der Waals surface area contributed by atoms with E-state index in [0.29, 0.717) is 6.04 Å². The minimum atomic E-state index is 0.0845. The molecule has 0 saturated carbocycles. The van der Waals surface area contributed by atoms with Gasteiger partial charge in [0.25, 0.3) is 0 Å². The number of hydrogen-bond donors (Lipinski definition) is 3. The van der Waals surface area contributed by atoms with Crippen LogP contribution in [0.4, 0.5) is 5.69 Å². The molecule has 0 spiro atoms. The molecule has 3 N–H and O–H groups in total. The largest absolute Gasteiger partial charge is 0.382 e. The van der Waals surface area contributed by atoms with Crippen molar-refractivity contribution in [2.45, 2.75) is 26.8 Å². The highest BCUT2D eigenvalue weighted by Crippen LogP contribution is 2.37. The molecule has 0 fully saturated rings. The van der Waals surface area contributed by atoms with Gasteiger partial charge in [-0.25, -0.2) is 0 Å². The summed E-state index contributed by atoms with van der Waals surface area (Å²) in [6.45, 7) is 5.80. The fraction of sp³-hybridized carbons (Fsp3) is 0.143. The summed E-state index contributed by atoms with van der Waals surface area (Å²) in [6, 6.07) is 16.6. The van der Waals surface area contributed by atoms with Gasteiger partial charge < -0.3 is 10.3 Å². The second kappa shape index (κ2) is 8.73. The van der Waals surface area contributed by atoms with E-state index in [1.54, 1.807) is 6.92 Å². The van der Waals surface area contributed by atoms with Gasteiger partial charge in [0.05, 0.1) is 33.7 Å². The van der Waals surface area contributed by atoms with Gasteiger partial charge in [-0.05, 0) is 57.2 Å². The van der Waals surface area contributed by atoms with E-state index in [4.69, 9.17) is 0 Å². The van der Waals surface area contributed by atoms with Crippen LogP contribution in [0.3, 0.4) is 0 Å². The quantitative estimate of drug-likeness (QED) is 0.219. The second-order valence-electron chi connectivity index (χ2n) is 9.12. The fourth-order valence-corrected chi connectivity index (χ4v) is 5.38. The van der Waals surface area contributed by atoms with Gasteiger partial charge in [0.1, 0.15) is 5.69 Å². The average Bonchev–Trinajstić information content (AvgIpc) is 3.60. The maximum absolute atomic E-state index is 11.8. The summed E-state index contributed by atoms with van der Waals surface area (Å²) in [4.78, 5) is 26.2. The van der Waals surface area contributed by atoms with Crippen molar-refractivity contribution in [1.82, 2.24) is 25.1 Å². The highest BCUT2D eigenvalue weighted by Gasteiger charge is 2.16. The first kappa shape index (κ1) is 22.2. The third kappa shape index (κ3) is 3.95. The summed E-state index contributed by atoms with van der Waals surface area (Å²) < 4.78 is 0. The Balaban J connectivity index is 1.43. The number of thiophene rings is 1. The number of aromatic nitrogens is 5. The maximum Gasteiger partial charge on any atom is 0.169 e. The van der Waals surface area contributed by atoms with Gasteiger partial charge in [0.15, 0.2) is 5.78 Å². The summed E-state index contributed by atoms with van der Waals surface area (Å²) in [5, 5.41) is 13.2. The first-order chi connectivity index (χ1) is 17.5. The molecule has 0 amide bonds. The molecule has 5 aromatic heterocycles. The SMILES string of the molecule is CC(=O)c1ccc(-c2cccc3[nH]c(-c4n[nH]c5cnc(-c6cncc(NC(C)C)c6)cc45)cc23)s1. The van der Waals surface area contributed by atoms with Crippen molar-refractivity contribution < 1.29 is 4.79 Å². The average molecular weight is 493 g/mol. The number of ketones is 1. The van der Waals surface area contributed by atoms with Gasteiger partial charge in [-0.3, -0.25) is 19.9 Å². The molecular formula is C28H24N6OS. The van der Waals surface area contributed by atoms with Crippen molar-refractivity contribution in [2.24, 2.45) is 0 Å². The lowest BCUT2D eigenvalue weighted by Gasteiger charge is -2.10. The number of benzene rings is 1. The number of aromatic amines is 2. The highest BCUT2D eigenvalue weighted by molar-refractivity contribution is 7.17. The molecule has 178 valence electrons. The molecule has 0 bridgehead atoms. The smallest absolute Gasteiger partial charge is 0.169 e. The van der Waals surface area contributed by atoms with E-state index in [0.717, 1.165) is 65.5 Å². The number of nitrogens with zero attached hydrogens (tertiary/aromatic N) is 3. The van der Waals surface area contributed by atoms with E-state index < -0.39 is 0 Å². The Morgan fingerprint density at radius 1 is 1.00 bits per heavy atom. The van der Waals surface area contributed by atoms with Gasteiger partial charge in [0, 0.05) is 50.7 Å². The third-order valence-corrected chi connectivity index (χ3v) is 7.29. The van der Waals surface area contributed by atoms with Crippen LogP contribution in [-0.4, -0.2) is 37.0 Å². The molecule has 5 heterocycles. The summed E-state index contributed by atoms with van der Waals surface area (Å²) in [5.74, 6) is 0.0845. The monoisotopic (exact) mass is 492 g/mol. The molecule has 7 nitrogen and oxygen atoms in total. The van der Waals surface area contributed by atoms with Gasteiger partial charge >= 0.3 is 0 Å². The highest BCUT2D eigenvalue weighted by atomic mass is 32.1. The molecular weight excluding hydrogens is 468 g/mol. The van der Waals surface area contributed by atoms with Crippen LogP contribution in [0.15, 0.2) is 67.1 Å². The van der Waals surface area contributed by atoms with E-state index in [-0.39, 0.29) is 5.78 Å². The fourth-order valence-electron chi connectivity index (χ4n) is 4.44. The van der Waals surface area contributed by atoms with Crippen LogP contribution in [0.2, 0.25) is 0 Å². The molecule has 0 saturated heterocycles. The predicted molar refractivity (Wildman–Crippen MR) is 146 cm³/mol. The van der Waals surface area contributed by atoms with Crippen LogP contribution in [0.5, 0.6) is 0 Å². The summed E-state index contributed by atoms with van der Waals surface area (Å²) in [5.41, 5.74) is 7.44. The predicted octanol–water partition coefficient (Wildman–Crippen LogP) is 6.92. The molecule has 0 aliphatic rings. The van der Waals surface area contributed by atoms with Gasteiger partial charge in [-0.15, -0.1) is 11.3 Å². The molecule has 0 radical (unpaired) electrons. The Hall–Kier alpha value is -4.30. The van der Waals surface area contributed by atoms with E-state index in [1.807, 2.05) is 36.8 Å². The van der Waals surface area contributed by atoms with Crippen LogP contribution in [0.25, 0.3) is 54.9 Å². The Bertz CT molecular complexity index is 1740. The topological polar surface area (TPSA) is 99.4 Å². The van der Waals surface area contributed by atoms with Crippen LogP contribution in [-0.2, 0) is 0 Å². The first-order valence-electron chi connectivity index (χ1n) is 11.8. The molecule has 0 atom stereocenters. The lowest BCUT2D eigenvalue weighted by molar-refractivity contribution is 0.102. The Kier molecular flexibility index (Phi) is 5.38. The molecule has 0 unspecified atom stereocenters. The van der Waals surface area contributed by atoms with E-state index in [1.165, 1.54) is 11.3 Å². The van der Waals surface area contributed by atoms with E-state index in [9.17, 15) is 4.79 Å². The standard InChI is InChI=1S/C28H24N6OS/c1-15(2)31-18-9-17(12-29-13-18)23-11-21-25(14-30-23)33-34-28(21)24-10-20-19(5-4-6-22(20)32-24)27-8-7-26(36-27)16(3)35/h4-15,31-32H,1-3H3,(H,33,34). The molecule has 36 heavy (non-hydrogen) atoms. The van der Waals surface area contributed by atoms with Crippen LogP contribution < -0.4 is 5.32 Å². The van der Waals surface area contributed by atoms with Crippen molar-refractivity contribution in [1.29, 1.82) is 0 Å². The minimum absolute atomic E-state index is 0.0845. The lowest BCUT2D eigenvalue weighted by atomic mass is 10.1. The van der Waals surface area contributed by atoms with Crippen molar-refractivity contribution in [3.8, 4) is 33.1 Å². The van der Waals surface area contributed by atoms with Crippen molar-refractivity contribution in [2.75, 3.05) is 5.32 Å². The number of pyridine rings is 2. The zero-order chi connectivity index (χ0) is 24.8. The van der Waals surface area contributed by atoms with Crippen LogP contribution in [0, 0.1) is 0 Å². The van der Waals surface area contributed by atoms with Crippen molar-refractivity contribution in [3.63, 3.8) is 0 Å². The number of rotatable bonds is 6. The van der Waals surface area contributed by atoms with Gasteiger partial charge in [-0.2, -0.15) is 5.10 Å². The summed E-state index contributed by atoms with van der Waals surface area (Å²) in [7, 11) is 0. The zero-order valence-corrected chi connectivity index (χ0v) is 20.9. The molecule has 6 aromatic rings. The summed E-state index contributed by atoms with van der Waals surface area (Å²) in [6.07, 6.45) is 5.46. The third-order valence-electron chi connectivity index (χ3n) is 6.07. The number of carbonyl (C=O) groups excluding carboxylic acids is 1. The second-order valence-corrected chi connectivity index (χ2v) is 10.2. The Morgan fingerprint density at radius 2 is 1.89 bits per heavy atom. The number of H-pyrrole nitrogens is 2. The van der Waals surface area contributed by atoms with Gasteiger partial charge in [-0.1, -0.05) is 12.1 Å². The van der Waals surface area contributed by atoms with Crippen LogP contribution >= 0.6 is 11.3 Å². The molecule has 1 aromatic carbocycles. The van der Waals surface area contributed by atoms with Crippen molar-refractivity contribution in [3.05, 3.63) is 72.0 Å². The minimum Gasteiger partial charge on any atom is -0.382 e. The summed E-state index contributed by atoms with van der Waals surface area (Å²) >= 11 is 1.52. The number of nitrogens with one attached hydrogen (secondary N) is 3. The Morgan fingerprint density at radius 3 is 2.69 bits per heavy atom. The first-order valence-corrected chi connectivity index (χ1v) is 12.6. The number of carbonyl (C=O) groups is 1. The lowest BCUT2D eigenvalue weighted by Crippen LogP contribution is -2.09. The number of Topliss-reactive ketones (excluding diaryl/α,β-unsaturated/α-hetero) is 1. The van der Waals surface area contributed by atoms with E-state index >= 15 is 0 Å². The molecule has 0 aliphatic carbocycles. The van der Waals surface area contributed by atoms with Gasteiger partial charge in [0.2, 0.25) is 0 Å². The van der Waals surface area contributed by atoms with E-state index in [2.05, 4.69) is 74.6 Å². The molecule has 0 aliphatic heterocycles. The Labute approximate surface area is 211 Å². The number of hydrogen-bond acceptors (Lipinski definition) is 6. The molecule has 6 rings (SSSR count). The number of fused-ring (bicyclic) bond motifs is 2. The normalized spacial score (nSPS) is 11.6. The molecule has 8 heteroatoms. The maximum atomic E-state index is 11.8.